The monoisotopic (exact) mass is 397 g/mol. The van der Waals surface area contributed by atoms with Gasteiger partial charge < -0.3 is 14.3 Å². The number of thiocarbonyl (C=S) groups is 1. The lowest BCUT2D eigenvalue weighted by Gasteiger charge is -2.35. The van der Waals surface area contributed by atoms with Gasteiger partial charge in [0.2, 0.25) is 0 Å². The molecule has 2 heterocycles. The quantitative estimate of drug-likeness (QED) is 0.433. The van der Waals surface area contributed by atoms with E-state index in [-0.39, 0.29) is 27.8 Å². The molecule has 0 unspecified atom stereocenters. The van der Waals surface area contributed by atoms with Crippen LogP contribution < -0.4 is 5.11 Å². The molecule has 1 fully saturated rings. The van der Waals surface area contributed by atoms with Gasteiger partial charge in [0, 0.05) is 24.2 Å². The van der Waals surface area contributed by atoms with E-state index < -0.39 is 17.8 Å². The minimum atomic E-state index is -1.32. The highest BCUT2D eigenvalue weighted by molar-refractivity contribution is 7.80. The molecule has 28 heavy (non-hydrogen) atoms. The maximum absolute atomic E-state index is 12.7. The van der Waals surface area contributed by atoms with Crippen molar-refractivity contribution in [1.29, 1.82) is 0 Å². The molecular weight excluding hydrogens is 380 g/mol. The molecule has 0 bridgehead atoms. The molecule has 8 heteroatoms. The minimum Gasteiger partial charge on any atom is -0.545 e. The molecule has 1 saturated heterocycles. The van der Waals surface area contributed by atoms with E-state index >= 15 is 0 Å². The van der Waals surface area contributed by atoms with Crippen LogP contribution >= 0.6 is 12.2 Å². The number of carbonyl (C=O) groups excluding carboxylic acids is 3. The number of aromatic carboxylic acids is 1. The van der Waals surface area contributed by atoms with Crippen molar-refractivity contribution in [3.05, 3.63) is 53.3 Å². The second-order valence-electron chi connectivity index (χ2n) is 5.97. The van der Waals surface area contributed by atoms with Crippen LogP contribution in [0.4, 0.5) is 0 Å². The Morgan fingerprint density at radius 2 is 1.68 bits per heavy atom. The Labute approximate surface area is 166 Å². The topological polar surface area (TPSA) is 93.9 Å². The third-order valence-corrected chi connectivity index (χ3v) is 4.81. The van der Waals surface area contributed by atoms with Gasteiger partial charge >= 0.3 is 0 Å². The van der Waals surface area contributed by atoms with Crippen LogP contribution in [0.15, 0.2) is 46.4 Å². The third kappa shape index (κ3) is 3.34. The number of furan rings is 1. The Bertz CT molecular complexity index is 980. The van der Waals surface area contributed by atoms with Crippen LogP contribution in [-0.4, -0.2) is 45.8 Å². The number of carbonyl (C=O) groups is 3. The number of amides is 2. The molecule has 0 aliphatic carbocycles. The number of rotatable bonds is 5. The molecule has 0 spiro atoms. The first kappa shape index (κ1) is 19.5. The van der Waals surface area contributed by atoms with Crippen LogP contribution in [0.5, 0.6) is 0 Å². The number of benzene rings is 1. The third-order valence-electron chi connectivity index (χ3n) is 4.37. The summed E-state index contributed by atoms with van der Waals surface area (Å²) < 4.78 is 5.68. The summed E-state index contributed by atoms with van der Waals surface area (Å²) in [7, 11) is 0. The molecule has 1 aromatic heterocycles. The molecule has 3 rings (SSSR count). The van der Waals surface area contributed by atoms with E-state index in [0.29, 0.717) is 18.7 Å². The summed E-state index contributed by atoms with van der Waals surface area (Å²) >= 11 is 5.22. The van der Waals surface area contributed by atoms with Crippen LogP contribution in [0.25, 0.3) is 17.4 Å². The first-order chi connectivity index (χ1) is 13.4. The number of likely N-dealkylation sites (N-methyl/N-ethyl adjacent to an activating group) is 2. The summed E-state index contributed by atoms with van der Waals surface area (Å²) in [4.78, 5) is 39.3. The largest absolute Gasteiger partial charge is 0.545 e. The summed E-state index contributed by atoms with van der Waals surface area (Å²) in [6.07, 6.45) is 1.35. The summed E-state index contributed by atoms with van der Waals surface area (Å²) in [5.74, 6) is -1.77. The van der Waals surface area contributed by atoms with Crippen molar-refractivity contribution in [2.45, 2.75) is 13.8 Å². The lowest BCUT2D eigenvalue weighted by molar-refractivity contribution is -0.255. The number of nitrogens with zero attached hydrogens (tertiary/aromatic N) is 2. The van der Waals surface area contributed by atoms with E-state index in [4.69, 9.17) is 16.6 Å². The Kier molecular flexibility index (Phi) is 5.41. The Balaban J connectivity index is 2.01. The van der Waals surface area contributed by atoms with E-state index in [1.54, 1.807) is 44.2 Å². The predicted molar refractivity (Wildman–Crippen MR) is 104 cm³/mol. The van der Waals surface area contributed by atoms with Gasteiger partial charge in [0.1, 0.15) is 17.1 Å². The molecule has 0 N–H and O–H groups in total. The van der Waals surface area contributed by atoms with Gasteiger partial charge in [-0.25, -0.2) is 0 Å². The molecule has 1 aliphatic rings. The Morgan fingerprint density at radius 1 is 1.07 bits per heavy atom. The minimum absolute atomic E-state index is 0.0134. The van der Waals surface area contributed by atoms with Crippen LogP contribution in [0, 0.1) is 0 Å². The van der Waals surface area contributed by atoms with Gasteiger partial charge in [0.15, 0.2) is 5.11 Å². The maximum atomic E-state index is 12.7. The van der Waals surface area contributed by atoms with Gasteiger partial charge in [-0.3, -0.25) is 19.4 Å². The number of hydrogen-bond acceptors (Lipinski definition) is 6. The molecule has 2 aromatic rings. The van der Waals surface area contributed by atoms with E-state index in [1.807, 2.05) is 0 Å². The van der Waals surface area contributed by atoms with Crippen molar-refractivity contribution < 1.29 is 23.9 Å². The van der Waals surface area contributed by atoms with Crippen molar-refractivity contribution >= 4 is 41.2 Å². The fraction of sp³-hybridized carbons (Fsp3) is 0.200. The van der Waals surface area contributed by atoms with Gasteiger partial charge in [0.05, 0.1) is 5.97 Å². The standard InChI is InChI=1S/C20H18N2O5S/c1-3-21-17(23)15(18(24)22(4-2)20(21)28)11-12-9-10-16(27-12)13-7-5-6-8-14(13)19(25)26/h5-11H,3-4H2,1-2H3,(H,25,26)/p-1. The van der Waals surface area contributed by atoms with Crippen molar-refractivity contribution in [3.8, 4) is 11.3 Å². The lowest BCUT2D eigenvalue weighted by Crippen LogP contribution is -2.55. The average molecular weight is 397 g/mol. The highest BCUT2D eigenvalue weighted by Crippen LogP contribution is 2.27. The molecule has 0 saturated carbocycles. The van der Waals surface area contributed by atoms with Gasteiger partial charge in [-0.2, -0.15) is 0 Å². The second-order valence-corrected chi connectivity index (χ2v) is 6.34. The highest BCUT2D eigenvalue weighted by Gasteiger charge is 2.38. The molecular formula is C20H17N2O5S-. The SMILES string of the molecule is CCN1C(=O)C(=Cc2ccc(-c3ccccc3C(=O)[O-])o2)C(=O)N(CC)C1=S. The van der Waals surface area contributed by atoms with E-state index in [0.717, 1.165) is 0 Å². The first-order valence-electron chi connectivity index (χ1n) is 8.69. The zero-order valence-corrected chi connectivity index (χ0v) is 16.1. The van der Waals surface area contributed by atoms with Gasteiger partial charge in [-0.15, -0.1) is 0 Å². The zero-order valence-electron chi connectivity index (χ0n) is 15.3. The van der Waals surface area contributed by atoms with E-state index in [2.05, 4.69) is 0 Å². The van der Waals surface area contributed by atoms with Crippen LogP contribution in [0.2, 0.25) is 0 Å². The average Bonchev–Trinajstić information content (AvgIpc) is 3.14. The maximum Gasteiger partial charge on any atom is 0.265 e. The van der Waals surface area contributed by atoms with Gasteiger partial charge in [-0.1, -0.05) is 24.3 Å². The lowest BCUT2D eigenvalue weighted by atomic mass is 10.1. The molecule has 7 nitrogen and oxygen atoms in total. The second kappa shape index (κ2) is 7.77. The number of carboxylic acid groups (broad SMARTS) is 1. The summed E-state index contributed by atoms with van der Waals surface area (Å²) in [6, 6.07) is 9.41. The molecule has 0 radical (unpaired) electrons. The molecule has 1 aromatic carbocycles. The molecule has 2 amide bonds. The van der Waals surface area contributed by atoms with Crippen LogP contribution in [0.3, 0.4) is 0 Å². The Hall–Kier alpha value is -3.26. The summed E-state index contributed by atoms with van der Waals surface area (Å²) in [5.41, 5.74) is 0.270. The zero-order chi connectivity index (χ0) is 20.4. The smallest absolute Gasteiger partial charge is 0.265 e. The van der Waals surface area contributed by atoms with Crippen molar-refractivity contribution in [3.63, 3.8) is 0 Å². The van der Waals surface area contributed by atoms with Crippen LogP contribution in [0.1, 0.15) is 30.0 Å². The molecule has 0 atom stereocenters. The first-order valence-corrected chi connectivity index (χ1v) is 9.09. The summed E-state index contributed by atoms with van der Waals surface area (Å²) in [6.45, 7) is 4.21. The van der Waals surface area contributed by atoms with Crippen molar-refractivity contribution in [2.75, 3.05) is 13.1 Å². The van der Waals surface area contributed by atoms with Gasteiger partial charge in [-0.05, 0) is 44.3 Å². The highest BCUT2D eigenvalue weighted by atomic mass is 32.1. The fourth-order valence-corrected chi connectivity index (χ4v) is 3.40. The predicted octanol–water partition coefficient (Wildman–Crippen LogP) is 1.69. The van der Waals surface area contributed by atoms with Crippen LogP contribution in [-0.2, 0) is 9.59 Å². The van der Waals surface area contributed by atoms with Gasteiger partial charge in [0.25, 0.3) is 11.8 Å². The number of carboxylic acids is 1. The van der Waals surface area contributed by atoms with E-state index in [1.165, 1.54) is 21.9 Å². The number of hydrogen-bond donors (Lipinski definition) is 0. The molecule has 1 aliphatic heterocycles. The fourth-order valence-electron chi connectivity index (χ4n) is 2.98. The van der Waals surface area contributed by atoms with E-state index in [9.17, 15) is 19.5 Å². The van der Waals surface area contributed by atoms with Crippen molar-refractivity contribution in [2.24, 2.45) is 0 Å². The van der Waals surface area contributed by atoms with Crippen molar-refractivity contribution in [1.82, 2.24) is 9.80 Å². The normalized spacial score (nSPS) is 14.6. The molecule has 144 valence electrons. The summed E-state index contributed by atoms with van der Waals surface area (Å²) in [5, 5.41) is 11.5. The Morgan fingerprint density at radius 3 is 2.25 bits per heavy atom.